The number of halogens is 2. The van der Waals surface area contributed by atoms with Crippen molar-refractivity contribution in [1.82, 2.24) is 5.32 Å². The first-order valence-electron chi connectivity index (χ1n) is 6.75. The van der Waals surface area contributed by atoms with Crippen LogP contribution in [-0.4, -0.2) is 24.9 Å². The zero-order chi connectivity index (χ0) is 15.8. The molecular formula is C14H19F2N3O2. The van der Waals surface area contributed by atoms with Gasteiger partial charge in [-0.2, -0.15) is 0 Å². The largest absolute Gasteiger partial charge is 0.381 e. The lowest BCUT2D eigenvalue weighted by Crippen LogP contribution is -2.25. The van der Waals surface area contributed by atoms with Crippen molar-refractivity contribution in [3.8, 4) is 0 Å². The number of unbranched alkanes of at least 4 members (excludes halogenated alkanes) is 1. The van der Waals surface area contributed by atoms with Gasteiger partial charge in [0.2, 0.25) is 5.91 Å². The van der Waals surface area contributed by atoms with Gasteiger partial charge in [-0.1, -0.05) is 0 Å². The van der Waals surface area contributed by atoms with Gasteiger partial charge in [-0.3, -0.25) is 9.59 Å². The van der Waals surface area contributed by atoms with Crippen molar-refractivity contribution >= 4 is 17.5 Å². The number of primary amides is 1. The number of hydrogen-bond donors (Lipinski definition) is 3. The Morgan fingerprint density at radius 1 is 1.19 bits per heavy atom. The normalized spacial score (nSPS) is 10.2. The smallest absolute Gasteiger partial charge is 0.251 e. The van der Waals surface area contributed by atoms with Gasteiger partial charge in [0.25, 0.3) is 5.91 Å². The van der Waals surface area contributed by atoms with Crippen LogP contribution in [0.5, 0.6) is 0 Å². The summed E-state index contributed by atoms with van der Waals surface area (Å²) in [6.07, 6.45) is 1.36. The third-order valence-corrected chi connectivity index (χ3v) is 2.79. The summed E-state index contributed by atoms with van der Waals surface area (Å²) in [6.45, 7) is 2.40. The highest BCUT2D eigenvalue weighted by Crippen LogP contribution is 2.20. The number of carbonyl (C=O) groups is 2. The molecule has 0 spiro atoms. The molecule has 0 radical (unpaired) electrons. The summed E-state index contributed by atoms with van der Waals surface area (Å²) >= 11 is 0. The van der Waals surface area contributed by atoms with Crippen LogP contribution >= 0.6 is 0 Å². The van der Waals surface area contributed by atoms with Gasteiger partial charge >= 0.3 is 0 Å². The van der Waals surface area contributed by atoms with Crippen LogP contribution < -0.4 is 16.4 Å². The third-order valence-electron chi connectivity index (χ3n) is 2.79. The fourth-order valence-electron chi connectivity index (χ4n) is 1.78. The quantitative estimate of drug-likeness (QED) is 0.640. The summed E-state index contributed by atoms with van der Waals surface area (Å²) < 4.78 is 27.3. The lowest BCUT2D eigenvalue weighted by molar-refractivity contribution is -0.118. The van der Waals surface area contributed by atoms with E-state index in [0.717, 1.165) is 12.1 Å². The average molecular weight is 299 g/mol. The van der Waals surface area contributed by atoms with Crippen molar-refractivity contribution < 1.29 is 18.4 Å². The van der Waals surface area contributed by atoms with Crippen molar-refractivity contribution in [3.05, 3.63) is 29.3 Å². The molecule has 0 aliphatic carbocycles. The van der Waals surface area contributed by atoms with Crippen LogP contribution in [0.25, 0.3) is 0 Å². The maximum absolute atomic E-state index is 13.7. The highest BCUT2D eigenvalue weighted by molar-refractivity contribution is 5.94. The molecule has 21 heavy (non-hydrogen) atoms. The second-order valence-electron chi connectivity index (χ2n) is 4.52. The molecule has 0 atom stereocenters. The third kappa shape index (κ3) is 5.37. The molecule has 0 saturated heterocycles. The first-order valence-corrected chi connectivity index (χ1v) is 6.75. The number of amides is 2. The topological polar surface area (TPSA) is 84.2 Å². The molecular weight excluding hydrogens is 280 g/mol. The van der Waals surface area contributed by atoms with E-state index in [1.807, 2.05) is 0 Å². The lowest BCUT2D eigenvalue weighted by atomic mass is 10.1. The predicted octanol–water partition coefficient (Wildman–Crippen LogP) is 1.78. The van der Waals surface area contributed by atoms with Gasteiger partial charge in [0.15, 0.2) is 0 Å². The molecule has 7 heteroatoms. The number of carbonyl (C=O) groups excluding carboxylic acids is 2. The SMILES string of the molecule is CCNc1c(F)cc(C(=O)NCCCCC(N)=O)cc1F. The van der Waals surface area contributed by atoms with Crippen LogP contribution in [0.2, 0.25) is 0 Å². The predicted molar refractivity (Wildman–Crippen MR) is 75.9 cm³/mol. The van der Waals surface area contributed by atoms with Crippen molar-refractivity contribution in [3.63, 3.8) is 0 Å². The fraction of sp³-hybridized carbons (Fsp3) is 0.429. The average Bonchev–Trinajstić information content (AvgIpc) is 2.41. The molecule has 1 aromatic rings. The van der Waals surface area contributed by atoms with Gasteiger partial charge in [-0.25, -0.2) is 8.78 Å². The maximum atomic E-state index is 13.7. The fourth-order valence-corrected chi connectivity index (χ4v) is 1.78. The van der Waals surface area contributed by atoms with Crippen molar-refractivity contribution in [2.45, 2.75) is 26.2 Å². The van der Waals surface area contributed by atoms with Gasteiger partial charge in [0.05, 0.1) is 0 Å². The van der Waals surface area contributed by atoms with Crippen molar-refractivity contribution in [1.29, 1.82) is 0 Å². The molecule has 0 fully saturated rings. The van der Waals surface area contributed by atoms with E-state index in [4.69, 9.17) is 5.73 Å². The monoisotopic (exact) mass is 299 g/mol. The molecule has 0 aliphatic rings. The number of anilines is 1. The van der Waals surface area contributed by atoms with E-state index < -0.39 is 23.4 Å². The molecule has 1 rings (SSSR count). The first kappa shape index (κ1) is 16.9. The van der Waals surface area contributed by atoms with E-state index in [2.05, 4.69) is 10.6 Å². The summed E-state index contributed by atoms with van der Waals surface area (Å²) in [6, 6.07) is 1.97. The van der Waals surface area contributed by atoms with Gasteiger partial charge in [-0.15, -0.1) is 0 Å². The van der Waals surface area contributed by atoms with Gasteiger partial charge in [0.1, 0.15) is 17.3 Å². The van der Waals surface area contributed by atoms with E-state index in [0.29, 0.717) is 25.9 Å². The molecule has 0 saturated carbocycles. The minimum absolute atomic E-state index is 0.0819. The van der Waals surface area contributed by atoms with Crippen LogP contribution in [0.1, 0.15) is 36.5 Å². The molecule has 0 aliphatic heterocycles. The Kier molecular flexibility index (Phi) is 6.58. The molecule has 1 aromatic carbocycles. The number of nitrogens with one attached hydrogen (secondary N) is 2. The molecule has 4 N–H and O–H groups in total. The lowest BCUT2D eigenvalue weighted by Gasteiger charge is -2.09. The standard InChI is InChI=1S/C14H19F2N3O2/c1-2-18-13-10(15)7-9(8-11(13)16)14(21)19-6-4-3-5-12(17)20/h7-8,18H,2-6H2,1H3,(H2,17,20)(H,19,21). The van der Waals surface area contributed by atoms with Crippen molar-refractivity contribution in [2.24, 2.45) is 5.73 Å². The van der Waals surface area contributed by atoms with E-state index in [1.165, 1.54) is 0 Å². The molecule has 0 unspecified atom stereocenters. The van der Waals surface area contributed by atoms with Gasteiger partial charge in [0, 0.05) is 25.1 Å². The zero-order valence-electron chi connectivity index (χ0n) is 11.8. The minimum atomic E-state index is -0.810. The van der Waals surface area contributed by atoms with E-state index in [-0.39, 0.29) is 17.7 Å². The van der Waals surface area contributed by atoms with E-state index >= 15 is 0 Å². The second-order valence-corrected chi connectivity index (χ2v) is 4.52. The molecule has 116 valence electrons. The Bertz CT molecular complexity index is 498. The second kappa shape index (κ2) is 8.18. The van der Waals surface area contributed by atoms with Gasteiger partial charge in [-0.05, 0) is 31.9 Å². The number of rotatable bonds is 8. The highest BCUT2D eigenvalue weighted by atomic mass is 19.1. The van der Waals surface area contributed by atoms with Crippen LogP contribution in [-0.2, 0) is 4.79 Å². The summed E-state index contributed by atoms with van der Waals surface area (Å²) in [4.78, 5) is 22.3. The Labute approximate surface area is 121 Å². The number of hydrogen-bond acceptors (Lipinski definition) is 3. The summed E-state index contributed by atoms with van der Waals surface area (Å²) in [5.41, 5.74) is 4.66. The summed E-state index contributed by atoms with van der Waals surface area (Å²) in [5.74, 6) is -2.58. The van der Waals surface area contributed by atoms with Crippen LogP contribution in [0.15, 0.2) is 12.1 Å². The molecule has 5 nitrogen and oxygen atoms in total. The first-order chi connectivity index (χ1) is 9.95. The molecule has 2 amide bonds. The zero-order valence-corrected chi connectivity index (χ0v) is 11.8. The Hall–Kier alpha value is -2.18. The summed E-state index contributed by atoms with van der Waals surface area (Å²) in [5, 5.41) is 5.09. The molecule has 0 aromatic heterocycles. The Balaban J connectivity index is 2.56. The molecule has 0 bridgehead atoms. The van der Waals surface area contributed by atoms with Crippen molar-refractivity contribution in [2.75, 3.05) is 18.4 Å². The van der Waals surface area contributed by atoms with E-state index in [9.17, 15) is 18.4 Å². The number of benzene rings is 1. The Morgan fingerprint density at radius 2 is 1.81 bits per heavy atom. The highest BCUT2D eigenvalue weighted by Gasteiger charge is 2.14. The maximum Gasteiger partial charge on any atom is 0.251 e. The minimum Gasteiger partial charge on any atom is -0.381 e. The van der Waals surface area contributed by atoms with Crippen LogP contribution in [0.4, 0.5) is 14.5 Å². The van der Waals surface area contributed by atoms with E-state index in [1.54, 1.807) is 6.92 Å². The van der Waals surface area contributed by atoms with Crippen LogP contribution in [0.3, 0.4) is 0 Å². The van der Waals surface area contributed by atoms with Gasteiger partial charge < -0.3 is 16.4 Å². The van der Waals surface area contributed by atoms with Crippen LogP contribution in [0, 0.1) is 11.6 Å². The Morgan fingerprint density at radius 3 is 2.33 bits per heavy atom. The number of nitrogens with two attached hydrogens (primary N) is 1. The summed E-state index contributed by atoms with van der Waals surface area (Å²) in [7, 11) is 0. The molecule has 0 heterocycles.